The summed E-state index contributed by atoms with van der Waals surface area (Å²) in [6, 6.07) is 0. The molecule has 0 atom stereocenters. The van der Waals surface area contributed by atoms with Gasteiger partial charge in [-0.05, 0) is 37.8 Å². The summed E-state index contributed by atoms with van der Waals surface area (Å²) in [7, 11) is 0. The van der Waals surface area contributed by atoms with E-state index in [-0.39, 0.29) is 0 Å². The third kappa shape index (κ3) is 1.94. The van der Waals surface area contributed by atoms with Crippen molar-refractivity contribution in [3.8, 4) is 0 Å². The number of rotatable bonds is 3. The van der Waals surface area contributed by atoms with E-state index in [4.69, 9.17) is 0 Å². The lowest BCUT2D eigenvalue weighted by atomic mass is 9.97. The maximum absolute atomic E-state index is 9.88. The Morgan fingerprint density at radius 2 is 1.92 bits per heavy atom. The molecular weight excluding hydrogens is 162 g/mol. The molecule has 0 unspecified atom stereocenters. The molecule has 74 valence electrons. The predicted octanol–water partition coefficient (Wildman–Crippen LogP) is 2.37. The molecule has 0 aliphatic rings. The number of aromatic nitrogens is 1. The van der Waals surface area contributed by atoms with E-state index in [2.05, 4.69) is 18.8 Å². The van der Waals surface area contributed by atoms with Gasteiger partial charge in [-0.1, -0.05) is 13.8 Å². The van der Waals surface area contributed by atoms with Crippen molar-refractivity contribution >= 4 is 0 Å². The van der Waals surface area contributed by atoms with Crippen LogP contribution in [0.2, 0.25) is 0 Å². The van der Waals surface area contributed by atoms with Crippen molar-refractivity contribution in [1.82, 2.24) is 4.98 Å². The molecule has 0 amide bonds. The Hall–Kier alpha value is -0.760. The molecule has 1 heterocycles. The van der Waals surface area contributed by atoms with Crippen molar-refractivity contribution in [2.45, 2.75) is 46.1 Å². The molecule has 2 heteroatoms. The molecule has 0 bridgehead atoms. The molecular formula is C11H19NO. The molecule has 1 rings (SSSR count). The summed E-state index contributed by atoms with van der Waals surface area (Å²) in [4.78, 5) is 3.17. The van der Waals surface area contributed by atoms with E-state index in [1.807, 2.05) is 20.0 Å². The second-order valence-corrected chi connectivity index (χ2v) is 3.93. The van der Waals surface area contributed by atoms with Gasteiger partial charge in [0.25, 0.3) is 0 Å². The predicted molar refractivity (Wildman–Crippen MR) is 54.8 cm³/mol. The van der Waals surface area contributed by atoms with Gasteiger partial charge in [0.05, 0.1) is 5.60 Å². The monoisotopic (exact) mass is 181 g/mol. The molecule has 0 aliphatic heterocycles. The van der Waals surface area contributed by atoms with E-state index in [0.717, 1.165) is 18.5 Å². The van der Waals surface area contributed by atoms with Crippen LogP contribution in [0.15, 0.2) is 6.20 Å². The minimum atomic E-state index is -0.751. The maximum atomic E-state index is 9.88. The molecule has 13 heavy (non-hydrogen) atoms. The van der Waals surface area contributed by atoms with Crippen LogP contribution in [0.5, 0.6) is 0 Å². The average Bonchev–Trinajstić information content (AvgIpc) is 2.45. The number of hydrogen-bond acceptors (Lipinski definition) is 1. The van der Waals surface area contributed by atoms with Crippen molar-refractivity contribution in [3.63, 3.8) is 0 Å². The lowest BCUT2D eigenvalue weighted by Gasteiger charge is -2.18. The molecule has 0 radical (unpaired) electrons. The van der Waals surface area contributed by atoms with Gasteiger partial charge in [0.2, 0.25) is 0 Å². The normalized spacial score (nSPS) is 12.1. The average molecular weight is 181 g/mol. The molecule has 2 nitrogen and oxygen atoms in total. The molecule has 0 saturated carbocycles. The first kappa shape index (κ1) is 10.3. The Morgan fingerprint density at radius 3 is 2.31 bits per heavy atom. The molecule has 0 spiro atoms. The van der Waals surface area contributed by atoms with Gasteiger partial charge in [0.15, 0.2) is 0 Å². The summed E-state index contributed by atoms with van der Waals surface area (Å²) < 4.78 is 0. The Morgan fingerprint density at radius 1 is 1.31 bits per heavy atom. The van der Waals surface area contributed by atoms with Crippen LogP contribution in [-0.4, -0.2) is 10.1 Å². The van der Waals surface area contributed by atoms with Gasteiger partial charge in [0, 0.05) is 11.9 Å². The van der Waals surface area contributed by atoms with Crippen LogP contribution in [0, 0.1) is 0 Å². The number of aryl methyl sites for hydroxylation is 1. The fraction of sp³-hybridized carbons (Fsp3) is 0.636. The van der Waals surface area contributed by atoms with E-state index in [9.17, 15) is 5.11 Å². The lowest BCUT2D eigenvalue weighted by molar-refractivity contribution is 0.0734. The molecule has 2 N–H and O–H groups in total. The summed E-state index contributed by atoms with van der Waals surface area (Å²) in [5.41, 5.74) is 2.81. The zero-order chi connectivity index (χ0) is 10.1. The Kier molecular flexibility index (Phi) is 2.81. The summed E-state index contributed by atoms with van der Waals surface area (Å²) in [5.74, 6) is 0. The Bertz CT molecular complexity index is 281. The van der Waals surface area contributed by atoms with E-state index in [0.29, 0.717) is 0 Å². The second-order valence-electron chi connectivity index (χ2n) is 3.93. The van der Waals surface area contributed by atoms with E-state index in [1.165, 1.54) is 11.1 Å². The summed E-state index contributed by atoms with van der Waals surface area (Å²) in [6.07, 6.45) is 4.01. The van der Waals surface area contributed by atoms with Crippen molar-refractivity contribution in [1.29, 1.82) is 0 Å². The number of aliphatic hydroxyl groups is 1. The molecule has 1 aromatic heterocycles. The SMILES string of the molecule is CCc1c[nH]c(C(C)(C)O)c1CC. The number of H-pyrrole nitrogens is 1. The van der Waals surface area contributed by atoms with Crippen molar-refractivity contribution in [2.24, 2.45) is 0 Å². The van der Waals surface area contributed by atoms with Crippen LogP contribution in [0.3, 0.4) is 0 Å². The minimum absolute atomic E-state index is 0.751. The first-order chi connectivity index (χ1) is 6.00. The van der Waals surface area contributed by atoms with Crippen LogP contribution in [0.25, 0.3) is 0 Å². The highest BCUT2D eigenvalue weighted by atomic mass is 16.3. The van der Waals surface area contributed by atoms with Crippen molar-refractivity contribution in [3.05, 3.63) is 23.0 Å². The highest BCUT2D eigenvalue weighted by molar-refractivity contribution is 5.34. The molecule has 0 aliphatic carbocycles. The lowest BCUT2D eigenvalue weighted by Crippen LogP contribution is -2.18. The molecule has 0 aromatic carbocycles. The topological polar surface area (TPSA) is 36.0 Å². The zero-order valence-corrected chi connectivity index (χ0v) is 8.94. The van der Waals surface area contributed by atoms with Gasteiger partial charge in [-0.2, -0.15) is 0 Å². The quantitative estimate of drug-likeness (QED) is 0.738. The Balaban J connectivity index is 3.16. The van der Waals surface area contributed by atoms with Gasteiger partial charge >= 0.3 is 0 Å². The third-order valence-corrected chi connectivity index (χ3v) is 2.43. The fourth-order valence-corrected chi connectivity index (χ4v) is 1.76. The van der Waals surface area contributed by atoms with Crippen LogP contribution < -0.4 is 0 Å². The van der Waals surface area contributed by atoms with E-state index < -0.39 is 5.60 Å². The first-order valence-corrected chi connectivity index (χ1v) is 4.92. The summed E-state index contributed by atoms with van der Waals surface area (Å²) in [5, 5.41) is 9.88. The Labute approximate surface area is 80.0 Å². The van der Waals surface area contributed by atoms with E-state index >= 15 is 0 Å². The van der Waals surface area contributed by atoms with Crippen LogP contribution in [-0.2, 0) is 18.4 Å². The van der Waals surface area contributed by atoms with Gasteiger partial charge in [-0.15, -0.1) is 0 Å². The van der Waals surface area contributed by atoms with Crippen molar-refractivity contribution < 1.29 is 5.11 Å². The third-order valence-electron chi connectivity index (χ3n) is 2.43. The van der Waals surface area contributed by atoms with Crippen molar-refractivity contribution in [2.75, 3.05) is 0 Å². The molecule has 0 saturated heterocycles. The number of aromatic amines is 1. The smallest absolute Gasteiger partial charge is 0.0990 e. The summed E-state index contributed by atoms with van der Waals surface area (Å²) in [6.45, 7) is 7.89. The highest BCUT2D eigenvalue weighted by Gasteiger charge is 2.22. The van der Waals surface area contributed by atoms with E-state index in [1.54, 1.807) is 0 Å². The number of hydrogen-bond donors (Lipinski definition) is 2. The summed E-state index contributed by atoms with van der Waals surface area (Å²) >= 11 is 0. The van der Waals surface area contributed by atoms with Gasteiger partial charge < -0.3 is 10.1 Å². The number of nitrogens with one attached hydrogen (secondary N) is 1. The largest absolute Gasteiger partial charge is 0.384 e. The van der Waals surface area contributed by atoms with Gasteiger partial charge in [0.1, 0.15) is 0 Å². The molecule has 1 aromatic rings. The first-order valence-electron chi connectivity index (χ1n) is 4.92. The van der Waals surface area contributed by atoms with Crippen LogP contribution >= 0.6 is 0 Å². The van der Waals surface area contributed by atoms with Crippen LogP contribution in [0.1, 0.15) is 44.5 Å². The fourth-order valence-electron chi connectivity index (χ4n) is 1.76. The standard InChI is InChI=1S/C11H19NO/c1-5-8-7-12-10(9(8)6-2)11(3,4)13/h7,12-13H,5-6H2,1-4H3. The van der Waals surface area contributed by atoms with Gasteiger partial charge in [-0.3, -0.25) is 0 Å². The second kappa shape index (κ2) is 3.54. The zero-order valence-electron chi connectivity index (χ0n) is 8.94. The minimum Gasteiger partial charge on any atom is -0.384 e. The van der Waals surface area contributed by atoms with Gasteiger partial charge in [-0.25, -0.2) is 0 Å². The molecule has 0 fully saturated rings. The maximum Gasteiger partial charge on any atom is 0.0990 e. The van der Waals surface area contributed by atoms with Crippen LogP contribution in [0.4, 0.5) is 0 Å². The highest BCUT2D eigenvalue weighted by Crippen LogP contribution is 2.25.